The lowest BCUT2D eigenvalue weighted by Crippen LogP contribution is -2.60. The fourth-order valence-corrected chi connectivity index (χ4v) is 9.24. The maximum atomic E-state index is 15.1. The van der Waals surface area contributed by atoms with Gasteiger partial charge >= 0.3 is 5.97 Å². The number of aliphatic hydroxyl groups is 1. The van der Waals surface area contributed by atoms with Crippen molar-refractivity contribution in [2.24, 2.45) is 17.8 Å². The Morgan fingerprint density at radius 2 is 1.74 bits per heavy atom. The molecule has 3 aliphatic rings. The lowest BCUT2D eigenvalue weighted by molar-refractivity contribution is -0.147. The zero-order valence-corrected chi connectivity index (χ0v) is 32.7. The maximum Gasteiger partial charge on any atom is 0.306 e. The van der Waals surface area contributed by atoms with Gasteiger partial charge in [-0.15, -0.1) is 13.2 Å². The van der Waals surface area contributed by atoms with Gasteiger partial charge in [-0.2, -0.15) is 0 Å². The Kier molecular flexibility index (Phi) is 13.2. The quantitative estimate of drug-likeness (QED) is 0.120. The number of alkyl halides is 1. The summed E-state index contributed by atoms with van der Waals surface area (Å²) in [6.07, 6.45) is 3.52. The van der Waals surface area contributed by atoms with Crippen molar-refractivity contribution < 1.29 is 33.8 Å². The number of carbonyl (C=O) groups excluding carboxylic acids is 4. The number of aliphatic hydroxyl groups excluding tert-OH is 1. The van der Waals surface area contributed by atoms with Gasteiger partial charge in [0.05, 0.1) is 36.6 Å². The van der Waals surface area contributed by atoms with Crippen molar-refractivity contribution in [2.45, 2.75) is 81.6 Å². The summed E-state index contributed by atoms with van der Waals surface area (Å²) in [6, 6.07) is 14.4. The number of amides is 3. The average Bonchev–Trinajstić information content (AvgIpc) is 3.75. The van der Waals surface area contributed by atoms with Gasteiger partial charge in [0.25, 0.3) is 5.91 Å². The molecule has 2 aromatic rings. The molecule has 11 nitrogen and oxygen atoms in total. The fraction of sp³-hybridized carbons (Fsp3) is 0.512. The number of nitrogens with zero attached hydrogens (tertiary/aromatic N) is 3. The van der Waals surface area contributed by atoms with Crippen LogP contribution in [0.25, 0.3) is 0 Å². The molecule has 0 aromatic heterocycles. The SMILES string of the molecule is C=CCCC(=O)OC[C@H](NC(=O)[C@H]1[C@@H]2O[C@@]3(CC2Br)[C@@H]1C(=O)N([C@@H](CO)C(C)C)[C@@H]3C(=O)N(CC=C)c1ccc(N(CC)CC)cc1)c1ccccc1. The van der Waals surface area contributed by atoms with Crippen molar-refractivity contribution in [2.75, 3.05) is 42.6 Å². The predicted molar refractivity (Wildman–Crippen MR) is 209 cm³/mol. The molecule has 0 radical (unpaired) electrons. The molecule has 2 aromatic carbocycles. The minimum Gasteiger partial charge on any atom is -0.463 e. The van der Waals surface area contributed by atoms with Gasteiger partial charge in [0, 0.05) is 42.3 Å². The molecule has 0 aliphatic carbocycles. The standard InChI is InChI=1S/C41H53BrN4O7/c1-7-11-17-33(48)52-25-31(27-15-13-12-14-16-27)43-38(49)34-35-39(50)46(32(24-47)26(5)6)37(41(35)23-30(42)36(34)53-41)40(51)45(22-8-2)29-20-18-28(19-21-29)44(9-3)10-4/h7-8,12-16,18-21,26,30-32,34-37,47H,1-2,9-11,17,22-25H2,3-6H3,(H,43,49)/t30?,31-,32-,34+,35-,36+,37+,41-/m0/s1. The summed E-state index contributed by atoms with van der Waals surface area (Å²) < 4.78 is 12.4. The number of fused-ring (bicyclic) bond motifs is 1. The van der Waals surface area contributed by atoms with Crippen LogP contribution in [0.15, 0.2) is 79.9 Å². The van der Waals surface area contributed by atoms with Gasteiger partial charge in [0.1, 0.15) is 18.2 Å². The maximum absolute atomic E-state index is 15.1. The summed E-state index contributed by atoms with van der Waals surface area (Å²) in [5.74, 6) is -3.80. The fourth-order valence-electron chi connectivity index (χ4n) is 8.30. The van der Waals surface area contributed by atoms with Crippen molar-refractivity contribution in [3.8, 4) is 0 Å². The van der Waals surface area contributed by atoms with Gasteiger partial charge < -0.3 is 34.6 Å². The molecular formula is C41H53BrN4O7. The first-order chi connectivity index (χ1) is 25.5. The Bertz CT molecular complexity index is 1630. The first-order valence-electron chi connectivity index (χ1n) is 18.6. The Hall–Kier alpha value is -4.00. The first-order valence-corrected chi connectivity index (χ1v) is 19.5. The zero-order chi connectivity index (χ0) is 38.4. The third-order valence-corrected chi connectivity index (χ3v) is 11.8. The Morgan fingerprint density at radius 3 is 2.32 bits per heavy atom. The van der Waals surface area contributed by atoms with Gasteiger partial charge in [0.2, 0.25) is 11.8 Å². The molecule has 0 saturated carbocycles. The highest BCUT2D eigenvalue weighted by Gasteiger charge is 2.77. The first kappa shape index (κ1) is 40.2. The molecule has 286 valence electrons. The number of anilines is 2. The predicted octanol–water partition coefficient (Wildman–Crippen LogP) is 5.18. The van der Waals surface area contributed by atoms with E-state index in [4.69, 9.17) is 9.47 Å². The highest BCUT2D eigenvalue weighted by molar-refractivity contribution is 9.09. The van der Waals surface area contributed by atoms with Crippen molar-refractivity contribution in [3.63, 3.8) is 0 Å². The molecule has 1 spiro atoms. The van der Waals surface area contributed by atoms with Crippen LogP contribution >= 0.6 is 15.9 Å². The molecule has 5 rings (SSSR count). The van der Waals surface area contributed by atoms with Crippen LogP contribution in [0.2, 0.25) is 0 Å². The van der Waals surface area contributed by atoms with Gasteiger partial charge in [-0.25, -0.2) is 0 Å². The summed E-state index contributed by atoms with van der Waals surface area (Å²) in [7, 11) is 0. The van der Waals surface area contributed by atoms with Gasteiger partial charge in [-0.05, 0) is 62.4 Å². The number of nitrogens with one attached hydrogen (secondary N) is 1. The molecule has 3 heterocycles. The number of halogens is 1. The van der Waals surface area contributed by atoms with E-state index >= 15 is 4.79 Å². The third-order valence-electron chi connectivity index (χ3n) is 10.9. The highest BCUT2D eigenvalue weighted by Crippen LogP contribution is 2.61. The minimum atomic E-state index is -1.35. The normalized spacial score (nSPS) is 25.5. The molecule has 1 unspecified atom stereocenters. The van der Waals surface area contributed by atoms with E-state index < -0.39 is 59.5 Å². The number of carbonyl (C=O) groups is 4. The summed E-state index contributed by atoms with van der Waals surface area (Å²) in [5, 5.41) is 13.8. The molecule has 53 heavy (non-hydrogen) atoms. The number of benzene rings is 2. The Labute approximate surface area is 321 Å². The zero-order valence-electron chi connectivity index (χ0n) is 31.2. The van der Waals surface area contributed by atoms with Crippen molar-refractivity contribution >= 4 is 51.0 Å². The topological polar surface area (TPSA) is 129 Å². The third kappa shape index (κ3) is 7.82. The second-order valence-electron chi connectivity index (χ2n) is 14.3. The number of hydrogen-bond acceptors (Lipinski definition) is 8. The smallest absolute Gasteiger partial charge is 0.306 e. The van der Waals surface area contributed by atoms with E-state index in [-0.39, 0.29) is 42.8 Å². The second-order valence-corrected chi connectivity index (χ2v) is 15.5. The Morgan fingerprint density at radius 1 is 1.08 bits per heavy atom. The van der Waals surface area contributed by atoms with E-state index in [9.17, 15) is 19.5 Å². The van der Waals surface area contributed by atoms with E-state index in [1.807, 2.05) is 68.4 Å². The molecule has 2 N–H and O–H groups in total. The van der Waals surface area contributed by atoms with Gasteiger partial charge in [-0.3, -0.25) is 19.2 Å². The van der Waals surface area contributed by atoms with Crippen LogP contribution in [0.3, 0.4) is 0 Å². The van der Waals surface area contributed by atoms with Crippen molar-refractivity contribution in [3.05, 3.63) is 85.5 Å². The lowest BCUT2D eigenvalue weighted by Gasteiger charge is -2.40. The number of hydrogen-bond donors (Lipinski definition) is 2. The van der Waals surface area contributed by atoms with Gasteiger partial charge in [-0.1, -0.05) is 72.3 Å². The molecule has 3 amide bonds. The summed E-state index contributed by atoms with van der Waals surface area (Å²) in [4.78, 5) is 61.9. The molecule has 8 atom stereocenters. The second kappa shape index (κ2) is 17.4. The van der Waals surface area contributed by atoms with Crippen LogP contribution in [0.5, 0.6) is 0 Å². The van der Waals surface area contributed by atoms with Crippen LogP contribution in [0, 0.1) is 17.8 Å². The molecule has 3 saturated heterocycles. The van der Waals surface area contributed by atoms with E-state index in [0.29, 0.717) is 18.5 Å². The Balaban J connectivity index is 1.52. The van der Waals surface area contributed by atoms with E-state index in [2.05, 4.69) is 53.2 Å². The van der Waals surface area contributed by atoms with E-state index in [0.717, 1.165) is 24.3 Å². The molecular weight excluding hydrogens is 740 g/mol. The summed E-state index contributed by atoms with van der Waals surface area (Å²) in [6.45, 7) is 16.9. The molecule has 2 bridgehead atoms. The lowest BCUT2D eigenvalue weighted by atomic mass is 9.70. The number of rotatable bonds is 18. The average molecular weight is 794 g/mol. The molecule has 3 fully saturated rings. The van der Waals surface area contributed by atoms with Crippen LogP contribution in [0.1, 0.15) is 58.6 Å². The van der Waals surface area contributed by atoms with Crippen LogP contribution in [-0.2, 0) is 28.7 Å². The number of likely N-dealkylation sites (tertiary alicyclic amines) is 1. The largest absolute Gasteiger partial charge is 0.463 e. The summed E-state index contributed by atoms with van der Waals surface area (Å²) >= 11 is 3.76. The van der Waals surface area contributed by atoms with Crippen LogP contribution in [-0.4, -0.2) is 95.2 Å². The monoisotopic (exact) mass is 792 g/mol. The number of ether oxygens (including phenoxy) is 2. The summed E-state index contributed by atoms with van der Waals surface area (Å²) in [5.41, 5.74) is 1.03. The number of esters is 1. The molecule has 3 aliphatic heterocycles. The highest BCUT2D eigenvalue weighted by atomic mass is 79.9. The molecule has 12 heteroatoms. The van der Waals surface area contributed by atoms with Crippen molar-refractivity contribution in [1.82, 2.24) is 10.2 Å². The van der Waals surface area contributed by atoms with Crippen LogP contribution < -0.4 is 15.1 Å². The number of allylic oxidation sites excluding steroid dienone is 1. The van der Waals surface area contributed by atoms with Gasteiger partial charge in [0.15, 0.2) is 0 Å². The minimum absolute atomic E-state index is 0.109. The van der Waals surface area contributed by atoms with Crippen LogP contribution in [0.4, 0.5) is 11.4 Å². The van der Waals surface area contributed by atoms with E-state index in [1.54, 1.807) is 17.1 Å². The van der Waals surface area contributed by atoms with Crippen molar-refractivity contribution in [1.29, 1.82) is 0 Å². The van der Waals surface area contributed by atoms with E-state index in [1.165, 1.54) is 4.90 Å².